The molecule has 0 radical (unpaired) electrons. The van der Waals surface area contributed by atoms with Gasteiger partial charge in [-0.3, -0.25) is 4.79 Å². The van der Waals surface area contributed by atoms with Crippen LogP contribution in [0.3, 0.4) is 0 Å². The zero-order chi connectivity index (χ0) is 11.2. The predicted octanol–water partition coefficient (Wildman–Crippen LogP) is -0.284. The summed E-state index contributed by atoms with van der Waals surface area (Å²) in [7, 11) is 0. The Balaban J connectivity index is 4.46. The molecule has 14 heavy (non-hydrogen) atoms. The molecule has 0 aromatic rings. The number of carboxylic acids is 1. The molecule has 0 rings (SSSR count). The van der Waals surface area contributed by atoms with E-state index in [4.69, 9.17) is 16.2 Å². The van der Waals surface area contributed by atoms with Crippen molar-refractivity contribution in [1.82, 2.24) is 5.32 Å². The molecule has 0 spiro atoms. The molecule has 82 valence electrons. The van der Waals surface area contributed by atoms with E-state index >= 15 is 0 Å². The van der Waals surface area contributed by atoms with E-state index in [1.807, 2.05) is 0 Å². The fourth-order valence-electron chi connectivity index (χ4n) is 1.11. The fourth-order valence-corrected chi connectivity index (χ4v) is 1.48. The number of thiol groups is 1. The largest absolute Gasteiger partial charge is 0.480 e. The highest BCUT2D eigenvalue weighted by Gasteiger charge is 2.38. The van der Waals surface area contributed by atoms with Gasteiger partial charge in [-0.2, -0.15) is 12.6 Å². The SMILES string of the molecule is CC(NCC=N)[C@](N)(CCS)C(=O)O. The van der Waals surface area contributed by atoms with Gasteiger partial charge < -0.3 is 21.6 Å². The van der Waals surface area contributed by atoms with Gasteiger partial charge in [0, 0.05) is 18.8 Å². The second kappa shape index (κ2) is 6.00. The van der Waals surface area contributed by atoms with Crippen LogP contribution in [0, 0.1) is 5.41 Å². The standard InChI is InChI=1S/C8H17N3O2S/c1-6(11-4-3-9)8(10,2-5-14)7(12)13/h3,6,9,11,14H,2,4-5,10H2,1H3,(H,12,13)/t6?,8-/m1/s1. The van der Waals surface area contributed by atoms with Gasteiger partial charge in [0.2, 0.25) is 0 Å². The molecule has 6 heteroatoms. The summed E-state index contributed by atoms with van der Waals surface area (Å²) in [5.74, 6) is -0.629. The summed E-state index contributed by atoms with van der Waals surface area (Å²) in [4.78, 5) is 11.0. The van der Waals surface area contributed by atoms with Gasteiger partial charge in [0.1, 0.15) is 5.54 Å². The molecule has 1 unspecified atom stereocenters. The Kier molecular flexibility index (Phi) is 5.75. The minimum Gasteiger partial charge on any atom is -0.480 e. The molecule has 0 aliphatic rings. The molecular weight excluding hydrogens is 202 g/mol. The van der Waals surface area contributed by atoms with Gasteiger partial charge in [0.25, 0.3) is 0 Å². The van der Waals surface area contributed by atoms with Crippen molar-refractivity contribution in [3.63, 3.8) is 0 Å². The summed E-state index contributed by atoms with van der Waals surface area (Å²) in [6, 6.07) is -0.395. The van der Waals surface area contributed by atoms with Crippen LogP contribution in [0.4, 0.5) is 0 Å². The van der Waals surface area contributed by atoms with E-state index in [1.54, 1.807) is 6.92 Å². The molecule has 0 fully saturated rings. The van der Waals surface area contributed by atoms with Crippen LogP contribution in [-0.4, -0.2) is 41.2 Å². The first-order chi connectivity index (χ1) is 6.49. The Labute approximate surface area is 89.0 Å². The Morgan fingerprint density at radius 3 is 2.79 bits per heavy atom. The van der Waals surface area contributed by atoms with Crippen molar-refractivity contribution in [2.24, 2.45) is 5.73 Å². The molecule has 5 nitrogen and oxygen atoms in total. The third kappa shape index (κ3) is 3.28. The van der Waals surface area contributed by atoms with Gasteiger partial charge in [-0.15, -0.1) is 0 Å². The predicted molar refractivity (Wildman–Crippen MR) is 59.3 cm³/mol. The zero-order valence-corrected chi connectivity index (χ0v) is 9.05. The fraction of sp³-hybridized carbons (Fsp3) is 0.750. The summed E-state index contributed by atoms with van der Waals surface area (Å²) in [5, 5.41) is 18.7. The van der Waals surface area contributed by atoms with E-state index in [1.165, 1.54) is 6.21 Å². The first kappa shape index (κ1) is 13.4. The highest BCUT2D eigenvalue weighted by atomic mass is 32.1. The first-order valence-electron chi connectivity index (χ1n) is 4.34. The maximum absolute atomic E-state index is 11.0. The minimum absolute atomic E-state index is 0.289. The summed E-state index contributed by atoms with van der Waals surface area (Å²) in [6.07, 6.45) is 1.46. The van der Waals surface area contributed by atoms with Crippen molar-refractivity contribution >= 4 is 24.8 Å². The number of nitrogens with one attached hydrogen (secondary N) is 2. The number of carboxylic acid groups (broad SMARTS) is 1. The van der Waals surface area contributed by atoms with E-state index in [2.05, 4.69) is 17.9 Å². The number of hydrogen-bond acceptors (Lipinski definition) is 5. The van der Waals surface area contributed by atoms with Crippen molar-refractivity contribution in [2.45, 2.75) is 24.9 Å². The molecule has 0 bridgehead atoms. The maximum atomic E-state index is 11.0. The van der Waals surface area contributed by atoms with Crippen molar-refractivity contribution in [3.05, 3.63) is 0 Å². The number of hydrogen-bond donors (Lipinski definition) is 5. The lowest BCUT2D eigenvalue weighted by Crippen LogP contribution is -2.61. The van der Waals surface area contributed by atoms with Crippen molar-refractivity contribution in [2.75, 3.05) is 12.3 Å². The molecular formula is C8H17N3O2S. The second-order valence-electron chi connectivity index (χ2n) is 3.15. The third-order valence-electron chi connectivity index (χ3n) is 2.22. The molecule has 0 aromatic heterocycles. The average Bonchev–Trinajstić information content (AvgIpc) is 2.14. The lowest BCUT2D eigenvalue weighted by Gasteiger charge is -2.31. The molecule has 0 heterocycles. The van der Waals surface area contributed by atoms with E-state index in [0.717, 1.165) is 0 Å². The van der Waals surface area contributed by atoms with Gasteiger partial charge in [-0.25, -0.2) is 0 Å². The second-order valence-corrected chi connectivity index (χ2v) is 3.60. The summed E-state index contributed by atoms with van der Waals surface area (Å²) >= 11 is 3.98. The molecule has 0 saturated carbocycles. The van der Waals surface area contributed by atoms with Crippen molar-refractivity contribution in [3.8, 4) is 0 Å². The van der Waals surface area contributed by atoms with E-state index in [9.17, 15) is 4.79 Å². The Morgan fingerprint density at radius 2 is 2.43 bits per heavy atom. The lowest BCUT2D eigenvalue weighted by atomic mass is 9.89. The van der Waals surface area contributed by atoms with E-state index < -0.39 is 17.6 Å². The van der Waals surface area contributed by atoms with Gasteiger partial charge >= 0.3 is 5.97 Å². The van der Waals surface area contributed by atoms with E-state index in [-0.39, 0.29) is 6.42 Å². The number of aliphatic carboxylic acids is 1. The van der Waals surface area contributed by atoms with Gasteiger partial charge in [0.05, 0.1) is 0 Å². The van der Waals surface area contributed by atoms with Gasteiger partial charge in [-0.05, 0) is 19.1 Å². The quantitative estimate of drug-likeness (QED) is 0.300. The van der Waals surface area contributed by atoms with Crippen LogP contribution in [0.15, 0.2) is 0 Å². The first-order valence-corrected chi connectivity index (χ1v) is 4.97. The number of rotatable bonds is 7. The van der Waals surface area contributed by atoms with Crippen molar-refractivity contribution in [1.29, 1.82) is 5.41 Å². The monoisotopic (exact) mass is 219 g/mol. The lowest BCUT2D eigenvalue weighted by molar-refractivity contribution is -0.144. The van der Waals surface area contributed by atoms with Crippen LogP contribution in [0.1, 0.15) is 13.3 Å². The summed E-state index contributed by atoms with van der Waals surface area (Å²) in [5.41, 5.74) is 4.43. The summed E-state index contributed by atoms with van der Waals surface area (Å²) in [6.45, 7) is 2.01. The highest BCUT2D eigenvalue weighted by molar-refractivity contribution is 7.80. The van der Waals surface area contributed by atoms with Gasteiger partial charge in [-0.1, -0.05) is 0 Å². The topological polar surface area (TPSA) is 99.2 Å². The highest BCUT2D eigenvalue weighted by Crippen LogP contribution is 2.13. The Morgan fingerprint density at radius 1 is 1.86 bits per heavy atom. The molecule has 0 aromatic carbocycles. The van der Waals surface area contributed by atoms with Crippen LogP contribution >= 0.6 is 12.6 Å². The minimum atomic E-state index is -1.31. The third-order valence-corrected chi connectivity index (χ3v) is 2.45. The van der Waals surface area contributed by atoms with Gasteiger partial charge in [0.15, 0.2) is 0 Å². The maximum Gasteiger partial charge on any atom is 0.325 e. The molecule has 0 amide bonds. The van der Waals surface area contributed by atoms with Crippen LogP contribution in [0.25, 0.3) is 0 Å². The number of nitrogens with two attached hydrogens (primary N) is 1. The van der Waals surface area contributed by atoms with Crippen LogP contribution in [-0.2, 0) is 4.79 Å². The Bertz CT molecular complexity index is 213. The molecule has 0 aliphatic carbocycles. The van der Waals surface area contributed by atoms with Crippen LogP contribution in [0.2, 0.25) is 0 Å². The number of carbonyl (C=O) groups is 1. The smallest absolute Gasteiger partial charge is 0.325 e. The molecule has 0 saturated heterocycles. The molecule has 0 aliphatic heterocycles. The van der Waals surface area contributed by atoms with Crippen molar-refractivity contribution < 1.29 is 9.90 Å². The van der Waals surface area contributed by atoms with E-state index in [0.29, 0.717) is 12.3 Å². The molecule has 2 atom stereocenters. The Hall–Kier alpha value is -0.590. The summed E-state index contributed by atoms with van der Waals surface area (Å²) < 4.78 is 0. The normalized spacial score (nSPS) is 17.1. The molecule has 5 N–H and O–H groups in total. The zero-order valence-electron chi connectivity index (χ0n) is 8.16. The average molecular weight is 219 g/mol. The van der Waals surface area contributed by atoms with Crippen LogP contribution < -0.4 is 11.1 Å². The van der Waals surface area contributed by atoms with Crippen LogP contribution in [0.5, 0.6) is 0 Å².